The normalized spacial score (nSPS) is 12.5. The lowest BCUT2D eigenvalue weighted by atomic mass is 9.90. The first-order chi connectivity index (χ1) is 13.1. The van der Waals surface area contributed by atoms with E-state index < -0.39 is 16.1 Å². The van der Waals surface area contributed by atoms with E-state index in [4.69, 9.17) is 5.11 Å². The summed E-state index contributed by atoms with van der Waals surface area (Å²) in [5, 5.41) is 10.5. The summed E-state index contributed by atoms with van der Waals surface area (Å²) in [6.07, 6.45) is 4.94. The standard InChI is InChI=1S/C22H28O5S/c1-5-8-14(2)22-16(4)18-12-11-17(9-6-7-10-21(23)24)15(3)19(18)13-20(22)28(25,26)27/h8,11-13H,5-7,9-10H2,1-4H3,(H,23,24)(H,25,26,27). The Morgan fingerprint density at radius 1 is 1.11 bits per heavy atom. The van der Waals surface area contributed by atoms with Gasteiger partial charge >= 0.3 is 5.97 Å². The van der Waals surface area contributed by atoms with Crippen LogP contribution in [0.2, 0.25) is 0 Å². The number of carboxylic acid groups (broad SMARTS) is 1. The summed E-state index contributed by atoms with van der Waals surface area (Å²) < 4.78 is 34.0. The van der Waals surface area contributed by atoms with Crippen molar-refractivity contribution >= 4 is 32.4 Å². The van der Waals surface area contributed by atoms with E-state index >= 15 is 0 Å². The number of carboxylic acids is 1. The summed E-state index contributed by atoms with van der Waals surface area (Å²) in [6, 6.07) is 5.58. The van der Waals surface area contributed by atoms with Gasteiger partial charge in [0.05, 0.1) is 0 Å². The van der Waals surface area contributed by atoms with Crippen molar-refractivity contribution in [3.8, 4) is 0 Å². The lowest BCUT2D eigenvalue weighted by molar-refractivity contribution is -0.137. The predicted octanol–water partition coefficient (Wildman–Crippen LogP) is 5.31. The van der Waals surface area contributed by atoms with Gasteiger partial charge in [-0.1, -0.05) is 25.1 Å². The van der Waals surface area contributed by atoms with E-state index in [2.05, 4.69) is 0 Å². The maximum Gasteiger partial charge on any atom is 0.303 e. The lowest BCUT2D eigenvalue weighted by Gasteiger charge is -2.18. The van der Waals surface area contributed by atoms with Crippen LogP contribution >= 0.6 is 0 Å². The molecule has 2 aromatic carbocycles. The third kappa shape index (κ3) is 4.80. The number of benzene rings is 2. The fourth-order valence-electron chi connectivity index (χ4n) is 3.77. The van der Waals surface area contributed by atoms with Crippen molar-refractivity contribution in [2.24, 2.45) is 0 Å². The summed E-state index contributed by atoms with van der Waals surface area (Å²) in [7, 11) is -4.38. The molecule has 6 heteroatoms. The Labute approximate surface area is 166 Å². The average molecular weight is 405 g/mol. The quantitative estimate of drug-likeness (QED) is 0.459. The third-order valence-electron chi connectivity index (χ3n) is 5.20. The zero-order valence-corrected chi connectivity index (χ0v) is 17.7. The Kier molecular flexibility index (Phi) is 7.01. The van der Waals surface area contributed by atoms with E-state index in [1.165, 1.54) is 0 Å². The molecule has 2 N–H and O–H groups in total. The van der Waals surface area contributed by atoms with E-state index in [1.54, 1.807) is 6.07 Å². The number of aliphatic carboxylic acids is 1. The summed E-state index contributed by atoms with van der Waals surface area (Å²) in [5.74, 6) is -0.799. The zero-order valence-electron chi connectivity index (χ0n) is 16.9. The van der Waals surface area contributed by atoms with Crippen LogP contribution in [0.5, 0.6) is 0 Å². The van der Waals surface area contributed by atoms with Crippen LogP contribution in [0, 0.1) is 13.8 Å². The number of hydrogen-bond donors (Lipinski definition) is 2. The van der Waals surface area contributed by atoms with Crippen LogP contribution in [0.4, 0.5) is 0 Å². The Morgan fingerprint density at radius 3 is 2.36 bits per heavy atom. The number of allylic oxidation sites excluding steroid dienone is 2. The Balaban J connectivity index is 2.62. The molecule has 0 heterocycles. The molecule has 2 aromatic rings. The van der Waals surface area contributed by atoms with Crippen molar-refractivity contribution in [1.82, 2.24) is 0 Å². The van der Waals surface area contributed by atoms with Gasteiger partial charge in [0.25, 0.3) is 10.1 Å². The van der Waals surface area contributed by atoms with E-state index in [-0.39, 0.29) is 11.3 Å². The van der Waals surface area contributed by atoms with Crippen molar-refractivity contribution < 1.29 is 22.9 Å². The summed E-state index contributed by atoms with van der Waals surface area (Å²) in [4.78, 5) is 10.6. The number of unbranched alkanes of at least 4 members (excludes halogenated alkanes) is 1. The van der Waals surface area contributed by atoms with E-state index in [0.717, 1.165) is 52.3 Å². The molecule has 2 rings (SSSR count). The maximum absolute atomic E-state index is 12.1. The van der Waals surface area contributed by atoms with Gasteiger partial charge < -0.3 is 5.11 Å². The van der Waals surface area contributed by atoms with Crippen molar-refractivity contribution in [1.29, 1.82) is 0 Å². The van der Waals surface area contributed by atoms with E-state index in [1.807, 2.05) is 45.9 Å². The zero-order chi connectivity index (χ0) is 21.1. The molecule has 0 unspecified atom stereocenters. The van der Waals surface area contributed by atoms with Gasteiger partial charge in [-0.3, -0.25) is 9.35 Å². The van der Waals surface area contributed by atoms with Gasteiger partial charge in [-0.15, -0.1) is 0 Å². The molecule has 0 radical (unpaired) electrons. The van der Waals surface area contributed by atoms with Crippen LogP contribution in [0.15, 0.2) is 29.2 Å². The molecule has 0 saturated carbocycles. The number of aryl methyl sites for hydroxylation is 3. The monoisotopic (exact) mass is 404 g/mol. The van der Waals surface area contributed by atoms with E-state index in [9.17, 15) is 17.8 Å². The fourth-order valence-corrected chi connectivity index (χ4v) is 4.61. The molecule has 0 aliphatic heterocycles. The largest absolute Gasteiger partial charge is 0.481 e. The fraction of sp³-hybridized carbons (Fsp3) is 0.409. The van der Waals surface area contributed by atoms with Gasteiger partial charge in [-0.25, -0.2) is 0 Å². The van der Waals surface area contributed by atoms with Crippen molar-refractivity contribution in [3.63, 3.8) is 0 Å². The molecular weight excluding hydrogens is 376 g/mol. The van der Waals surface area contributed by atoms with E-state index in [0.29, 0.717) is 12.0 Å². The molecule has 0 aromatic heterocycles. The van der Waals surface area contributed by atoms with Crippen LogP contribution in [0.3, 0.4) is 0 Å². The number of fused-ring (bicyclic) bond motifs is 1. The molecule has 0 aliphatic carbocycles. The first kappa shape index (κ1) is 22.1. The Morgan fingerprint density at radius 2 is 1.79 bits per heavy atom. The van der Waals surface area contributed by atoms with Crippen LogP contribution in [0.25, 0.3) is 16.3 Å². The molecule has 0 fully saturated rings. The van der Waals surface area contributed by atoms with Gasteiger partial charge in [-0.2, -0.15) is 8.42 Å². The summed E-state index contributed by atoms with van der Waals surface area (Å²) >= 11 is 0. The first-order valence-electron chi connectivity index (χ1n) is 9.50. The molecule has 0 saturated heterocycles. The van der Waals surface area contributed by atoms with Gasteiger partial charge in [0, 0.05) is 12.0 Å². The number of carbonyl (C=O) groups is 1. The topological polar surface area (TPSA) is 91.7 Å². The Bertz CT molecular complexity index is 1030. The van der Waals surface area contributed by atoms with Crippen molar-refractivity contribution in [3.05, 3.63) is 46.5 Å². The number of hydrogen-bond acceptors (Lipinski definition) is 3. The highest BCUT2D eigenvalue weighted by molar-refractivity contribution is 7.86. The summed E-state index contributed by atoms with van der Waals surface area (Å²) in [6.45, 7) is 7.66. The molecular formula is C22H28O5S. The predicted molar refractivity (Wildman–Crippen MR) is 112 cm³/mol. The maximum atomic E-state index is 12.1. The number of rotatable bonds is 8. The van der Waals surface area contributed by atoms with Crippen LogP contribution < -0.4 is 0 Å². The second-order valence-electron chi connectivity index (χ2n) is 7.19. The molecule has 152 valence electrons. The third-order valence-corrected chi connectivity index (χ3v) is 6.07. The molecule has 0 atom stereocenters. The van der Waals surface area contributed by atoms with Crippen LogP contribution in [-0.4, -0.2) is 24.0 Å². The van der Waals surface area contributed by atoms with Gasteiger partial charge in [0.2, 0.25) is 0 Å². The van der Waals surface area contributed by atoms with Crippen molar-refractivity contribution in [2.45, 2.75) is 64.7 Å². The minimum absolute atomic E-state index is 0.0640. The highest BCUT2D eigenvalue weighted by atomic mass is 32.2. The lowest BCUT2D eigenvalue weighted by Crippen LogP contribution is -2.06. The van der Waals surface area contributed by atoms with Gasteiger partial charge in [0.15, 0.2) is 0 Å². The highest BCUT2D eigenvalue weighted by Gasteiger charge is 2.21. The van der Waals surface area contributed by atoms with Crippen molar-refractivity contribution in [2.75, 3.05) is 0 Å². The smallest absolute Gasteiger partial charge is 0.303 e. The van der Waals surface area contributed by atoms with Gasteiger partial charge in [-0.05, 0) is 85.6 Å². The SMILES string of the molecule is CCC=C(C)c1c(S(=O)(=O)O)cc2c(C)c(CCCCC(=O)O)ccc2c1C. The second-order valence-corrected chi connectivity index (χ2v) is 8.58. The van der Waals surface area contributed by atoms with Crippen LogP contribution in [0.1, 0.15) is 61.8 Å². The Hall–Kier alpha value is -2.18. The molecule has 0 bridgehead atoms. The van der Waals surface area contributed by atoms with Gasteiger partial charge in [0.1, 0.15) is 4.90 Å². The molecule has 0 spiro atoms. The molecule has 0 aliphatic rings. The molecule has 0 amide bonds. The minimum atomic E-state index is -4.38. The first-order valence-corrected chi connectivity index (χ1v) is 10.9. The minimum Gasteiger partial charge on any atom is -0.481 e. The average Bonchev–Trinajstić information content (AvgIpc) is 2.59. The second kappa shape index (κ2) is 8.88. The van der Waals surface area contributed by atoms with Crippen LogP contribution in [-0.2, 0) is 21.3 Å². The highest BCUT2D eigenvalue weighted by Crippen LogP contribution is 2.35. The molecule has 28 heavy (non-hydrogen) atoms. The summed E-state index contributed by atoms with van der Waals surface area (Å²) in [5.41, 5.74) is 4.24. The molecule has 5 nitrogen and oxygen atoms in total.